The number of nitrogens with one attached hydrogen (secondary N) is 2. The van der Waals surface area contributed by atoms with E-state index in [0.29, 0.717) is 35.8 Å². The van der Waals surface area contributed by atoms with Gasteiger partial charge in [-0.2, -0.15) is 0 Å². The molecule has 0 aromatic heterocycles. The lowest BCUT2D eigenvalue weighted by Gasteiger charge is -2.10. The first-order valence-corrected chi connectivity index (χ1v) is 8.73. The molecule has 3 aromatic carbocycles. The first-order chi connectivity index (χ1) is 13.5. The molecule has 0 radical (unpaired) electrons. The summed E-state index contributed by atoms with van der Waals surface area (Å²) in [6, 6.07) is 22.3. The summed E-state index contributed by atoms with van der Waals surface area (Å²) in [5.41, 5.74) is 14.3. The predicted octanol–water partition coefficient (Wildman–Crippen LogP) is 4.26. The molecule has 0 atom stereocenters. The fourth-order valence-corrected chi connectivity index (χ4v) is 2.65. The minimum atomic E-state index is 0. The zero-order valence-electron chi connectivity index (χ0n) is 16.1. The maximum absolute atomic E-state index is 7.50. The molecule has 0 fully saturated rings. The van der Waals surface area contributed by atoms with E-state index in [1.807, 2.05) is 48.5 Å². The first kappa shape index (κ1) is 24.8. The van der Waals surface area contributed by atoms with E-state index in [-0.39, 0.29) is 36.5 Å². The third kappa shape index (κ3) is 6.99. The van der Waals surface area contributed by atoms with Gasteiger partial charge in [-0.05, 0) is 41.5 Å². The van der Waals surface area contributed by atoms with Gasteiger partial charge in [-0.25, -0.2) is 0 Å². The molecule has 3 rings (SSSR count). The van der Waals surface area contributed by atoms with Crippen LogP contribution in [0, 0.1) is 10.8 Å². The quantitative estimate of drug-likeness (QED) is 0.305. The van der Waals surface area contributed by atoms with Crippen LogP contribution < -0.4 is 20.9 Å². The Morgan fingerprint density at radius 3 is 1.43 bits per heavy atom. The van der Waals surface area contributed by atoms with Crippen molar-refractivity contribution in [3.63, 3.8) is 0 Å². The molecule has 0 spiro atoms. The molecule has 0 aliphatic heterocycles. The highest BCUT2D eigenvalue weighted by molar-refractivity contribution is 5.95. The van der Waals surface area contributed by atoms with Gasteiger partial charge in [0.2, 0.25) is 0 Å². The van der Waals surface area contributed by atoms with Gasteiger partial charge >= 0.3 is 0 Å². The maximum Gasteiger partial charge on any atom is 0.122 e. The van der Waals surface area contributed by atoms with E-state index in [0.717, 1.165) is 11.1 Å². The fraction of sp³-hybridized carbons (Fsp3) is 0.0909. The standard InChI is InChI=1S/C22H22N4O2.2ClH/c23-21(24)17-6-2-8-19(11-17)27-13-15-4-1-5-16(10-15)14-28-20-9-3-7-18(12-20)22(25)26;;/h1-12H,13-14H2,(H3,23,24)(H3,25,26);2*1H. The Morgan fingerprint density at radius 1 is 0.633 bits per heavy atom. The molecule has 8 heteroatoms. The Kier molecular flexibility index (Phi) is 9.68. The Balaban J connectivity index is 0.00000225. The topological polar surface area (TPSA) is 118 Å². The van der Waals surface area contributed by atoms with Gasteiger partial charge < -0.3 is 20.9 Å². The van der Waals surface area contributed by atoms with Crippen LogP contribution in [-0.4, -0.2) is 11.7 Å². The number of halogens is 2. The molecule has 158 valence electrons. The summed E-state index contributed by atoms with van der Waals surface area (Å²) < 4.78 is 11.6. The van der Waals surface area contributed by atoms with Gasteiger partial charge in [-0.1, -0.05) is 42.5 Å². The number of nitrogens with two attached hydrogens (primary N) is 2. The van der Waals surface area contributed by atoms with E-state index in [1.165, 1.54) is 0 Å². The summed E-state index contributed by atoms with van der Waals surface area (Å²) in [6.07, 6.45) is 0. The monoisotopic (exact) mass is 446 g/mol. The first-order valence-electron chi connectivity index (χ1n) is 8.73. The van der Waals surface area contributed by atoms with Crippen molar-refractivity contribution in [2.24, 2.45) is 11.5 Å². The van der Waals surface area contributed by atoms with Crippen LogP contribution in [0.25, 0.3) is 0 Å². The molecule has 0 unspecified atom stereocenters. The largest absolute Gasteiger partial charge is 0.489 e. The molecule has 0 aliphatic carbocycles. The van der Waals surface area contributed by atoms with Crippen LogP contribution in [0.15, 0.2) is 72.8 Å². The lowest BCUT2D eigenvalue weighted by molar-refractivity contribution is 0.300. The number of benzene rings is 3. The predicted molar refractivity (Wildman–Crippen MR) is 125 cm³/mol. The Hall–Kier alpha value is -3.22. The number of hydrogen-bond donors (Lipinski definition) is 4. The van der Waals surface area contributed by atoms with Gasteiger partial charge in [-0.15, -0.1) is 24.8 Å². The van der Waals surface area contributed by atoms with Crippen molar-refractivity contribution in [3.05, 3.63) is 95.1 Å². The van der Waals surface area contributed by atoms with E-state index in [4.69, 9.17) is 31.8 Å². The van der Waals surface area contributed by atoms with Crippen molar-refractivity contribution in [1.29, 1.82) is 10.8 Å². The molecule has 0 saturated heterocycles. The van der Waals surface area contributed by atoms with Gasteiger partial charge in [0.1, 0.15) is 36.4 Å². The molecule has 6 N–H and O–H groups in total. The Bertz CT molecular complexity index is 935. The molecular formula is C22H24Cl2N4O2. The van der Waals surface area contributed by atoms with E-state index >= 15 is 0 Å². The van der Waals surface area contributed by atoms with E-state index < -0.39 is 0 Å². The Labute approximate surface area is 188 Å². The second-order valence-corrected chi connectivity index (χ2v) is 6.28. The van der Waals surface area contributed by atoms with Crippen molar-refractivity contribution < 1.29 is 9.47 Å². The Morgan fingerprint density at radius 2 is 1.03 bits per heavy atom. The maximum atomic E-state index is 7.50. The highest BCUT2D eigenvalue weighted by atomic mass is 35.5. The third-order valence-electron chi connectivity index (χ3n) is 4.09. The van der Waals surface area contributed by atoms with Crippen LogP contribution in [0.3, 0.4) is 0 Å². The highest BCUT2D eigenvalue weighted by Crippen LogP contribution is 2.18. The van der Waals surface area contributed by atoms with Crippen LogP contribution >= 0.6 is 24.8 Å². The fourth-order valence-electron chi connectivity index (χ4n) is 2.65. The lowest BCUT2D eigenvalue weighted by Crippen LogP contribution is -2.11. The van der Waals surface area contributed by atoms with E-state index in [1.54, 1.807) is 24.3 Å². The average molecular weight is 447 g/mol. The number of amidine groups is 2. The summed E-state index contributed by atoms with van der Waals surface area (Å²) in [5.74, 6) is 1.35. The average Bonchev–Trinajstić information content (AvgIpc) is 2.71. The molecule has 0 bridgehead atoms. The smallest absolute Gasteiger partial charge is 0.122 e. The molecule has 0 aliphatic rings. The summed E-state index contributed by atoms with van der Waals surface area (Å²) in [5, 5.41) is 15.0. The van der Waals surface area contributed by atoms with Gasteiger partial charge in [0.25, 0.3) is 0 Å². The number of nitrogen functional groups attached to an aromatic ring is 2. The van der Waals surface area contributed by atoms with Crippen molar-refractivity contribution in [2.45, 2.75) is 13.2 Å². The van der Waals surface area contributed by atoms with Crippen LogP contribution in [0.1, 0.15) is 22.3 Å². The van der Waals surface area contributed by atoms with Gasteiger partial charge in [0, 0.05) is 11.1 Å². The highest BCUT2D eigenvalue weighted by Gasteiger charge is 2.03. The van der Waals surface area contributed by atoms with Crippen LogP contribution in [0.5, 0.6) is 11.5 Å². The van der Waals surface area contributed by atoms with Gasteiger partial charge in [0.05, 0.1) is 0 Å². The van der Waals surface area contributed by atoms with Gasteiger partial charge in [0.15, 0.2) is 0 Å². The van der Waals surface area contributed by atoms with Crippen molar-refractivity contribution in [1.82, 2.24) is 0 Å². The zero-order chi connectivity index (χ0) is 19.9. The summed E-state index contributed by atoms with van der Waals surface area (Å²) in [4.78, 5) is 0. The molecule has 0 amide bonds. The normalized spacial score (nSPS) is 9.60. The second-order valence-electron chi connectivity index (χ2n) is 6.28. The molecule has 6 nitrogen and oxygen atoms in total. The summed E-state index contributed by atoms with van der Waals surface area (Å²) >= 11 is 0. The second kappa shape index (κ2) is 11.7. The van der Waals surface area contributed by atoms with Crippen LogP contribution in [0.2, 0.25) is 0 Å². The van der Waals surface area contributed by atoms with E-state index in [2.05, 4.69) is 0 Å². The number of rotatable bonds is 8. The van der Waals surface area contributed by atoms with Crippen molar-refractivity contribution >= 4 is 36.5 Å². The lowest BCUT2D eigenvalue weighted by atomic mass is 10.1. The van der Waals surface area contributed by atoms with E-state index in [9.17, 15) is 0 Å². The molecular weight excluding hydrogens is 423 g/mol. The van der Waals surface area contributed by atoms with Crippen LogP contribution in [-0.2, 0) is 13.2 Å². The molecule has 0 heterocycles. The summed E-state index contributed by atoms with van der Waals surface area (Å²) in [7, 11) is 0. The zero-order valence-corrected chi connectivity index (χ0v) is 17.8. The number of hydrogen-bond acceptors (Lipinski definition) is 4. The molecule has 3 aromatic rings. The number of ether oxygens (including phenoxy) is 2. The van der Waals surface area contributed by atoms with Crippen molar-refractivity contribution in [2.75, 3.05) is 0 Å². The van der Waals surface area contributed by atoms with Gasteiger partial charge in [-0.3, -0.25) is 10.8 Å². The minimum Gasteiger partial charge on any atom is -0.489 e. The third-order valence-corrected chi connectivity index (χ3v) is 4.09. The SMILES string of the molecule is Cl.Cl.N=C(N)c1cccc(OCc2cccc(COc3cccc(C(=N)N)c3)c2)c1. The molecule has 30 heavy (non-hydrogen) atoms. The minimum absolute atomic E-state index is 0. The van der Waals surface area contributed by atoms with Crippen LogP contribution in [0.4, 0.5) is 0 Å². The molecule has 0 saturated carbocycles. The summed E-state index contributed by atoms with van der Waals surface area (Å²) in [6.45, 7) is 0.796. The van der Waals surface area contributed by atoms with Crippen molar-refractivity contribution in [3.8, 4) is 11.5 Å².